The summed E-state index contributed by atoms with van der Waals surface area (Å²) in [6, 6.07) is 5.56. The molecule has 0 unspecified atom stereocenters. The van der Waals surface area contributed by atoms with Gasteiger partial charge >= 0.3 is 6.01 Å². The molecule has 0 atom stereocenters. The van der Waals surface area contributed by atoms with E-state index < -0.39 is 0 Å². The molecule has 0 N–H and O–H groups in total. The lowest BCUT2D eigenvalue weighted by Crippen LogP contribution is -1.93. The average molecular weight is 265 g/mol. The Hall–Kier alpha value is -2.01. The number of hydrogen-bond acceptors (Lipinski definition) is 5. The van der Waals surface area contributed by atoms with E-state index in [4.69, 9.17) is 25.8 Å². The summed E-state index contributed by atoms with van der Waals surface area (Å²) in [4.78, 5) is 8.10. The van der Waals surface area contributed by atoms with E-state index in [2.05, 4.69) is 9.97 Å². The number of halogens is 1. The second kappa shape index (κ2) is 4.70. The van der Waals surface area contributed by atoms with Crippen molar-refractivity contribution in [2.24, 2.45) is 0 Å². The third kappa shape index (κ3) is 2.17. The van der Waals surface area contributed by atoms with Crippen LogP contribution in [0.2, 0.25) is 0 Å². The third-order valence-corrected chi connectivity index (χ3v) is 2.70. The second-order valence-corrected chi connectivity index (χ2v) is 3.89. The van der Waals surface area contributed by atoms with Gasteiger partial charge in [-0.2, -0.15) is 0 Å². The Kier molecular flexibility index (Phi) is 2.90. The molecule has 0 aliphatic carbocycles. The van der Waals surface area contributed by atoms with Gasteiger partial charge in [-0.25, -0.2) is 9.97 Å². The molecule has 5 nitrogen and oxygen atoms in total. The van der Waals surface area contributed by atoms with Gasteiger partial charge in [-0.1, -0.05) is 0 Å². The fourth-order valence-electron chi connectivity index (χ4n) is 1.51. The Bertz CT molecular complexity index is 560. The fourth-order valence-corrected chi connectivity index (χ4v) is 1.65. The molecular formula is C12H9ClN2O3. The van der Waals surface area contributed by atoms with Crippen LogP contribution in [-0.2, 0) is 5.88 Å². The van der Waals surface area contributed by atoms with Crippen LogP contribution in [-0.4, -0.2) is 16.8 Å². The molecule has 0 bridgehead atoms. The summed E-state index contributed by atoms with van der Waals surface area (Å²) >= 11 is 5.65. The van der Waals surface area contributed by atoms with Gasteiger partial charge in [0.15, 0.2) is 11.5 Å². The van der Waals surface area contributed by atoms with Crippen LogP contribution >= 0.6 is 11.6 Å². The van der Waals surface area contributed by atoms with Crippen LogP contribution < -0.4 is 14.2 Å². The molecule has 1 aliphatic rings. The van der Waals surface area contributed by atoms with Crippen molar-refractivity contribution in [2.75, 3.05) is 6.79 Å². The van der Waals surface area contributed by atoms with E-state index in [-0.39, 0.29) is 12.8 Å². The molecular weight excluding hydrogens is 256 g/mol. The lowest BCUT2D eigenvalue weighted by atomic mass is 10.3. The molecule has 0 saturated carbocycles. The summed E-state index contributed by atoms with van der Waals surface area (Å²) in [6.07, 6.45) is 3.25. The molecule has 18 heavy (non-hydrogen) atoms. The highest BCUT2D eigenvalue weighted by Crippen LogP contribution is 2.35. The molecule has 0 amide bonds. The van der Waals surface area contributed by atoms with Gasteiger partial charge in [0.05, 0.1) is 5.88 Å². The Labute approximate surface area is 108 Å². The first kappa shape index (κ1) is 11.1. The molecule has 6 heteroatoms. The van der Waals surface area contributed by atoms with E-state index in [1.807, 2.05) is 0 Å². The van der Waals surface area contributed by atoms with Crippen molar-refractivity contribution in [3.05, 3.63) is 36.2 Å². The maximum absolute atomic E-state index is 5.65. The highest BCUT2D eigenvalue weighted by Gasteiger charge is 2.14. The van der Waals surface area contributed by atoms with Crippen LogP contribution in [0.4, 0.5) is 0 Å². The van der Waals surface area contributed by atoms with E-state index in [1.165, 1.54) is 0 Å². The van der Waals surface area contributed by atoms with Gasteiger partial charge in [-0.15, -0.1) is 11.6 Å². The normalized spacial score (nSPS) is 12.5. The van der Waals surface area contributed by atoms with E-state index in [1.54, 1.807) is 30.6 Å². The molecule has 0 fully saturated rings. The zero-order valence-corrected chi connectivity index (χ0v) is 10.1. The Morgan fingerprint density at radius 3 is 2.72 bits per heavy atom. The maximum atomic E-state index is 5.65. The highest BCUT2D eigenvalue weighted by atomic mass is 35.5. The van der Waals surface area contributed by atoms with E-state index in [0.29, 0.717) is 23.1 Å². The molecule has 3 rings (SSSR count). The van der Waals surface area contributed by atoms with Crippen LogP contribution in [0.1, 0.15) is 5.56 Å². The number of aromatic nitrogens is 2. The quantitative estimate of drug-likeness (QED) is 0.798. The summed E-state index contributed by atoms with van der Waals surface area (Å²) in [5.74, 6) is 2.34. The van der Waals surface area contributed by atoms with Crippen molar-refractivity contribution < 1.29 is 14.2 Å². The van der Waals surface area contributed by atoms with Gasteiger partial charge < -0.3 is 14.2 Å². The summed E-state index contributed by atoms with van der Waals surface area (Å²) in [6.45, 7) is 0.236. The smallest absolute Gasteiger partial charge is 0.321 e. The molecule has 1 aliphatic heterocycles. The standard InChI is InChI=1S/C12H9ClN2O3/c13-4-8-5-14-12(15-6-8)18-9-1-2-10-11(3-9)17-7-16-10/h1-3,5-6H,4,7H2. The first-order chi connectivity index (χ1) is 8.85. The SMILES string of the molecule is ClCc1cnc(Oc2ccc3c(c2)OCO3)nc1. The van der Waals surface area contributed by atoms with Crippen molar-refractivity contribution in [1.29, 1.82) is 0 Å². The first-order valence-corrected chi connectivity index (χ1v) is 5.83. The Morgan fingerprint density at radius 1 is 1.17 bits per heavy atom. The van der Waals surface area contributed by atoms with Gasteiger partial charge in [-0.05, 0) is 12.1 Å². The summed E-state index contributed by atoms with van der Waals surface area (Å²) < 4.78 is 16.0. The number of ether oxygens (including phenoxy) is 3. The van der Waals surface area contributed by atoms with Crippen LogP contribution in [0.25, 0.3) is 0 Å². The molecule has 1 aromatic heterocycles. The topological polar surface area (TPSA) is 53.5 Å². The predicted octanol–water partition coefficient (Wildman–Crippen LogP) is 2.74. The van der Waals surface area contributed by atoms with Gasteiger partial charge in [0.25, 0.3) is 0 Å². The zero-order valence-electron chi connectivity index (χ0n) is 9.30. The minimum atomic E-state index is 0.236. The van der Waals surface area contributed by atoms with Gasteiger partial charge in [-0.3, -0.25) is 0 Å². The molecule has 92 valence electrons. The van der Waals surface area contributed by atoms with Gasteiger partial charge in [0.2, 0.25) is 6.79 Å². The number of fused-ring (bicyclic) bond motifs is 1. The lowest BCUT2D eigenvalue weighted by Gasteiger charge is -2.04. The molecule has 0 saturated heterocycles. The van der Waals surface area contributed by atoms with Crippen molar-refractivity contribution in [1.82, 2.24) is 9.97 Å². The largest absolute Gasteiger partial charge is 0.454 e. The van der Waals surface area contributed by atoms with Crippen molar-refractivity contribution in [3.63, 3.8) is 0 Å². The van der Waals surface area contributed by atoms with Crippen molar-refractivity contribution >= 4 is 11.6 Å². The van der Waals surface area contributed by atoms with Crippen molar-refractivity contribution in [3.8, 4) is 23.3 Å². The third-order valence-electron chi connectivity index (χ3n) is 2.39. The summed E-state index contributed by atoms with van der Waals surface area (Å²) in [5, 5.41) is 0. The minimum Gasteiger partial charge on any atom is -0.454 e. The predicted molar refractivity (Wildman–Crippen MR) is 64.2 cm³/mol. The number of benzene rings is 1. The van der Waals surface area contributed by atoms with Crippen LogP contribution in [0.5, 0.6) is 23.3 Å². The number of alkyl halides is 1. The number of rotatable bonds is 3. The van der Waals surface area contributed by atoms with Crippen LogP contribution in [0, 0.1) is 0 Å². The summed E-state index contributed by atoms with van der Waals surface area (Å²) in [7, 11) is 0. The van der Waals surface area contributed by atoms with Crippen LogP contribution in [0.15, 0.2) is 30.6 Å². The molecule has 2 aromatic rings. The maximum Gasteiger partial charge on any atom is 0.321 e. The van der Waals surface area contributed by atoms with E-state index >= 15 is 0 Å². The molecule has 0 radical (unpaired) electrons. The van der Waals surface area contributed by atoms with E-state index in [0.717, 1.165) is 5.56 Å². The first-order valence-electron chi connectivity index (χ1n) is 5.29. The fraction of sp³-hybridized carbons (Fsp3) is 0.167. The zero-order chi connectivity index (χ0) is 12.4. The minimum absolute atomic E-state index is 0.236. The van der Waals surface area contributed by atoms with Crippen LogP contribution in [0.3, 0.4) is 0 Å². The Morgan fingerprint density at radius 2 is 1.94 bits per heavy atom. The average Bonchev–Trinajstić information content (AvgIpc) is 2.87. The molecule has 0 spiro atoms. The monoisotopic (exact) mass is 264 g/mol. The second-order valence-electron chi connectivity index (χ2n) is 3.62. The number of nitrogens with zero attached hydrogens (tertiary/aromatic N) is 2. The van der Waals surface area contributed by atoms with E-state index in [9.17, 15) is 0 Å². The summed E-state index contributed by atoms with van der Waals surface area (Å²) in [5.41, 5.74) is 0.842. The molecule has 2 heterocycles. The lowest BCUT2D eigenvalue weighted by molar-refractivity contribution is 0.174. The van der Waals surface area contributed by atoms with Gasteiger partial charge in [0.1, 0.15) is 5.75 Å². The van der Waals surface area contributed by atoms with Gasteiger partial charge in [0, 0.05) is 24.0 Å². The van der Waals surface area contributed by atoms with Crippen molar-refractivity contribution in [2.45, 2.75) is 5.88 Å². The Balaban J connectivity index is 1.79. The molecule has 1 aromatic carbocycles. The number of hydrogen-bond donors (Lipinski definition) is 0. The highest BCUT2D eigenvalue weighted by molar-refractivity contribution is 6.17.